The number of nitrogens with one attached hydrogen (secondary N) is 1. The third-order valence-electron chi connectivity index (χ3n) is 3.03. The Morgan fingerprint density at radius 1 is 1.30 bits per heavy atom. The molecule has 0 fully saturated rings. The second-order valence-corrected chi connectivity index (χ2v) is 5.39. The molecule has 6 nitrogen and oxygen atoms in total. The third kappa shape index (κ3) is 3.89. The molecule has 3 rings (SSSR count). The molecule has 0 saturated carbocycles. The topological polar surface area (TPSA) is 80.9 Å². The number of aryl methyl sites for hydroxylation is 1. The lowest BCUT2D eigenvalue weighted by Crippen LogP contribution is -2.07. The molecule has 23 heavy (non-hydrogen) atoms. The molecule has 2 heterocycles. The van der Waals surface area contributed by atoms with Crippen molar-refractivity contribution in [1.29, 1.82) is 0 Å². The molecule has 3 aromatic rings. The summed E-state index contributed by atoms with van der Waals surface area (Å²) in [6, 6.07) is 7.24. The lowest BCUT2D eigenvalue weighted by atomic mass is 10.2. The molecule has 0 saturated heterocycles. The summed E-state index contributed by atoms with van der Waals surface area (Å²) in [5.74, 6) is 0.865. The summed E-state index contributed by atoms with van der Waals surface area (Å²) >= 11 is 1.48. The van der Waals surface area contributed by atoms with E-state index in [0.717, 1.165) is 11.3 Å². The number of carbonyl (C=O) groups excluding carboxylic acids is 1. The van der Waals surface area contributed by atoms with Gasteiger partial charge in [-0.05, 0) is 30.3 Å². The van der Waals surface area contributed by atoms with Gasteiger partial charge in [-0.25, -0.2) is 4.98 Å². The van der Waals surface area contributed by atoms with Gasteiger partial charge in [0, 0.05) is 29.1 Å². The molecule has 7 heteroatoms. The summed E-state index contributed by atoms with van der Waals surface area (Å²) in [7, 11) is 0. The van der Waals surface area contributed by atoms with Crippen LogP contribution >= 0.6 is 11.3 Å². The van der Waals surface area contributed by atoms with Crippen LogP contribution in [0.3, 0.4) is 0 Å². The number of rotatable bonds is 5. The molecule has 0 aliphatic rings. The van der Waals surface area contributed by atoms with Gasteiger partial charge in [0.2, 0.25) is 17.7 Å². The van der Waals surface area contributed by atoms with Crippen LogP contribution in [0.4, 0.5) is 5.69 Å². The van der Waals surface area contributed by atoms with Crippen molar-refractivity contribution < 1.29 is 9.21 Å². The smallest absolute Gasteiger partial charge is 0.248 e. The van der Waals surface area contributed by atoms with E-state index in [1.165, 1.54) is 17.4 Å². The van der Waals surface area contributed by atoms with Gasteiger partial charge in [-0.1, -0.05) is 6.92 Å². The predicted octanol–water partition coefficient (Wildman–Crippen LogP) is 3.41. The van der Waals surface area contributed by atoms with E-state index >= 15 is 0 Å². The van der Waals surface area contributed by atoms with Crippen molar-refractivity contribution in [3.8, 4) is 11.5 Å². The molecular formula is C16H14N4O2S. The summed E-state index contributed by atoms with van der Waals surface area (Å²) in [6.07, 6.45) is 3.83. The van der Waals surface area contributed by atoms with Gasteiger partial charge in [-0.15, -0.1) is 21.5 Å². The first-order valence-corrected chi connectivity index (χ1v) is 7.99. The number of carbonyl (C=O) groups is 1. The number of aromatic nitrogens is 3. The van der Waals surface area contributed by atoms with Gasteiger partial charge in [-0.3, -0.25) is 4.79 Å². The van der Waals surface area contributed by atoms with Crippen molar-refractivity contribution in [2.75, 3.05) is 5.32 Å². The van der Waals surface area contributed by atoms with E-state index in [0.29, 0.717) is 23.9 Å². The fourth-order valence-electron chi connectivity index (χ4n) is 1.86. The van der Waals surface area contributed by atoms with Crippen LogP contribution in [0, 0.1) is 0 Å². The normalized spacial score (nSPS) is 11.0. The minimum Gasteiger partial charge on any atom is -0.421 e. The van der Waals surface area contributed by atoms with Crippen molar-refractivity contribution in [3.05, 3.63) is 52.8 Å². The van der Waals surface area contributed by atoms with Crippen molar-refractivity contribution in [2.24, 2.45) is 0 Å². The van der Waals surface area contributed by atoms with E-state index in [1.54, 1.807) is 23.7 Å². The molecule has 0 unspecified atom stereocenters. The van der Waals surface area contributed by atoms with Crippen LogP contribution in [-0.2, 0) is 11.2 Å². The molecule has 1 N–H and O–H groups in total. The second-order valence-electron chi connectivity index (χ2n) is 4.67. The third-order valence-corrected chi connectivity index (χ3v) is 3.63. The van der Waals surface area contributed by atoms with Crippen molar-refractivity contribution >= 4 is 29.0 Å². The van der Waals surface area contributed by atoms with E-state index in [4.69, 9.17) is 4.42 Å². The average molecular weight is 326 g/mol. The van der Waals surface area contributed by atoms with Crippen molar-refractivity contribution in [3.63, 3.8) is 0 Å². The van der Waals surface area contributed by atoms with E-state index in [2.05, 4.69) is 20.5 Å². The number of thiazole rings is 1. The van der Waals surface area contributed by atoms with E-state index in [9.17, 15) is 4.79 Å². The fourth-order valence-corrected chi connectivity index (χ4v) is 2.38. The number of benzene rings is 1. The Labute approximate surface area is 136 Å². The largest absolute Gasteiger partial charge is 0.421 e. The van der Waals surface area contributed by atoms with E-state index in [-0.39, 0.29) is 5.91 Å². The average Bonchev–Trinajstić information content (AvgIpc) is 3.25. The fraction of sp³-hybridized carbons (Fsp3) is 0.125. The summed E-state index contributed by atoms with van der Waals surface area (Å²) in [4.78, 5) is 15.9. The van der Waals surface area contributed by atoms with Gasteiger partial charge in [-0.2, -0.15) is 0 Å². The zero-order valence-electron chi connectivity index (χ0n) is 12.4. The Hall–Kier alpha value is -2.80. The van der Waals surface area contributed by atoms with Crippen molar-refractivity contribution in [1.82, 2.24) is 15.2 Å². The summed E-state index contributed by atoms with van der Waals surface area (Å²) in [5, 5.41) is 12.6. The standard InChI is InChI=1S/C16H14N4O2S/c1-2-15-19-20-16(22-15)11-3-5-12(6-4-11)18-14(21)8-7-13-9-23-10-17-13/h3-10H,2H2,1H3,(H,18,21)/b8-7+. The van der Waals surface area contributed by atoms with Gasteiger partial charge in [0.1, 0.15) is 0 Å². The van der Waals surface area contributed by atoms with Crippen LogP contribution in [0.1, 0.15) is 18.5 Å². The van der Waals surface area contributed by atoms with E-state index < -0.39 is 0 Å². The summed E-state index contributed by atoms with van der Waals surface area (Å²) in [6.45, 7) is 1.95. The lowest BCUT2D eigenvalue weighted by Gasteiger charge is -2.02. The van der Waals surface area contributed by atoms with Crippen molar-refractivity contribution in [2.45, 2.75) is 13.3 Å². The highest BCUT2D eigenvalue weighted by molar-refractivity contribution is 7.07. The van der Waals surface area contributed by atoms with Crippen LogP contribution in [0.25, 0.3) is 17.5 Å². The maximum Gasteiger partial charge on any atom is 0.248 e. The lowest BCUT2D eigenvalue weighted by molar-refractivity contribution is -0.111. The second kappa shape index (κ2) is 6.97. The first kappa shape index (κ1) is 15.1. The van der Waals surface area contributed by atoms with Gasteiger partial charge >= 0.3 is 0 Å². The van der Waals surface area contributed by atoms with Crippen LogP contribution in [0.15, 0.2) is 45.6 Å². The van der Waals surface area contributed by atoms with Crippen LogP contribution in [0.2, 0.25) is 0 Å². The minimum atomic E-state index is -0.211. The Kier molecular flexibility index (Phi) is 4.58. The number of nitrogens with zero attached hydrogens (tertiary/aromatic N) is 3. The maximum absolute atomic E-state index is 11.8. The molecule has 1 aromatic carbocycles. The summed E-state index contributed by atoms with van der Waals surface area (Å²) < 4.78 is 5.49. The Morgan fingerprint density at radius 3 is 2.78 bits per heavy atom. The monoisotopic (exact) mass is 326 g/mol. The molecule has 0 bridgehead atoms. The zero-order valence-corrected chi connectivity index (χ0v) is 13.2. The number of anilines is 1. The molecule has 0 aliphatic carbocycles. The quantitative estimate of drug-likeness (QED) is 0.727. The highest BCUT2D eigenvalue weighted by Crippen LogP contribution is 2.20. The highest BCUT2D eigenvalue weighted by atomic mass is 32.1. The van der Waals surface area contributed by atoms with Crippen LogP contribution in [-0.4, -0.2) is 21.1 Å². The van der Waals surface area contributed by atoms with Crippen LogP contribution < -0.4 is 5.32 Å². The van der Waals surface area contributed by atoms with Crippen LogP contribution in [0.5, 0.6) is 0 Å². The molecule has 0 spiro atoms. The summed E-state index contributed by atoms with van der Waals surface area (Å²) in [5.41, 5.74) is 3.99. The highest BCUT2D eigenvalue weighted by Gasteiger charge is 2.07. The Morgan fingerprint density at radius 2 is 2.13 bits per heavy atom. The van der Waals surface area contributed by atoms with Gasteiger partial charge in [0.05, 0.1) is 11.2 Å². The zero-order chi connectivity index (χ0) is 16.1. The Bertz CT molecular complexity index is 807. The molecule has 116 valence electrons. The first-order valence-electron chi connectivity index (χ1n) is 7.04. The number of hydrogen-bond donors (Lipinski definition) is 1. The predicted molar refractivity (Wildman–Crippen MR) is 88.9 cm³/mol. The molecule has 0 aliphatic heterocycles. The van der Waals surface area contributed by atoms with Gasteiger partial charge in [0.25, 0.3) is 0 Å². The molecule has 0 atom stereocenters. The molecule has 2 aromatic heterocycles. The molecule has 0 radical (unpaired) electrons. The maximum atomic E-state index is 11.8. The Balaban J connectivity index is 1.64. The van der Waals surface area contributed by atoms with E-state index in [1.807, 2.05) is 24.4 Å². The SMILES string of the molecule is CCc1nnc(-c2ccc(NC(=O)/C=C/c3cscn3)cc2)o1. The molecule has 1 amide bonds. The number of amides is 1. The van der Waals surface area contributed by atoms with Gasteiger partial charge < -0.3 is 9.73 Å². The first-order chi connectivity index (χ1) is 11.2. The minimum absolute atomic E-state index is 0.211. The van der Waals surface area contributed by atoms with Gasteiger partial charge in [0.15, 0.2) is 0 Å². The molecular weight excluding hydrogens is 312 g/mol. The number of hydrogen-bond acceptors (Lipinski definition) is 6.